The number of hydrogen-bond acceptors (Lipinski definition) is 2. The number of carbonyl (C=O) groups is 1. The zero-order chi connectivity index (χ0) is 14.0. The van der Waals surface area contributed by atoms with Gasteiger partial charge in [-0.3, -0.25) is 4.79 Å². The summed E-state index contributed by atoms with van der Waals surface area (Å²) in [6.07, 6.45) is 14.0. The number of rotatable bonds is 8. The van der Waals surface area contributed by atoms with Gasteiger partial charge in [0.2, 0.25) is 5.91 Å². The highest BCUT2D eigenvalue weighted by molar-refractivity contribution is 5.76. The molecule has 3 nitrogen and oxygen atoms in total. The molecule has 0 bridgehead atoms. The smallest absolute Gasteiger partial charge is 0.220 e. The largest absolute Gasteiger partial charge is 0.380 e. The van der Waals surface area contributed by atoms with E-state index in [0.29, 0.717) is 19.1 Å². The van der Waals surface area contributed by atoms with Gasteiger partial charge in [0.15, 0.2) is 0 Å². The normalized spacial score (nSPS) is 21.2. The Hall–Kier alpha value is -0.570. The van der Waals surface area contributed by atoms with Crippen LogP contribution in [0.15, 0.2) is 0 Å². The first-order valence-electron chi connectivity index (χ1n) is 8.69. The van der Waals surface area contributed by atoms with Crippen LogP contribution in [-0.4, -0.2) is 25.7 Å². The van der Waals surface area contributed by atoms with Gasteiger partial charge in [0.1, 0.15) is 0 Å². The van der Waals surface area contributed by atoms with Gasteiger partial charge < -0.3 is 10.1 Å². The summed E-state index contributed by atoms with van der Waals surface area (Å²) in [5.74, 6) is 1.75. The molecule has 2 aliphatic rings. The third-order valence-electron chi connectivity index (χ3n) is 4.91. The Morgan fingerprint density at radius 3 is 2.30 bits per heavy atom. The second kappa shape index (κ2) is 9.38. The minimum Gasteiger partial charge on any atom is -0.380 e. The van der Waals surface area contributed by atoms with Crippen LogP contribution >= 0.6 is 0 Å². The van der Waals surface area contributed by atoms with Crippen molar-refractivity contribution in [1.82, 2.24) is 5.32 Å². The van der Waals surface area contributed by atoms with Crippen molar-refractivity contribution in [3.63, 3.8) is 0 Å². The standard InChI is InChI=1S/C17H31NO2/c19-17(14-16-8-4-5-9-16)18-11-13-20-12-10-15-6-2-1-3-7-15/h15-16H,1-14H2,(H,18,19). The van der Waals surface area contributed by atoms with Crippen molar-refractivity contribution in [3.05, 3.63) is 0 Å². The summed E-state index contributed by atoms with van der Waals surface area (Å²) in [5, 5.41) is 2.98. The average molecular weight is 281 g/mol. The summed E-state index contributed by atoms with van der Waals surface area (Å²) in [7, 11) is 0. The molecule has 2 saturated carbocycles. The van der Waals surface area contributed by atoms with E-state index in [1.807, 2.05) is 0 Å². The van der Waals surface area contributed by atoms with Crippen molar-refractivity contribution in [3.8, 4) is 0 Å². The molecule has 20 heavy (non-hydrogen) atoms. The van der Waals surface area contributed by atoms with Gasteiger partial charge in [0.05, 0.1) is 6.61 Å². The molecule has 0 aromatic heterocycles. The van der Waals surface area contributed by atoms with Crippen molar-refractivity contribution >= 4 is 5.91 Å². The summed E-state index contributed by atoms with van der Waals surface area (Å²) in [6.45, 7) is 2.21. The lowest BCUT2D eigenvalue weighted by atomic mass is 9.87. The topological polar surface area (TPSA) is 38.3 Å². The number of amides is 1. The molecule has 1 amide bonds. The van der Waals surface area contributed by atoms with E-state index >= 15 is 0 Å². The second-order valence-electron chi connectivity index (χ2n) is 6.61. The lowest BCUT2D eigenvalue weighted by Crippen LogP contribution is -2.28. The van der Waals surface area contributed by atoms with Crippen LogP contribution in [0.3, 0.4) is 0 Å². The molecule has 0 aromatic carbocycles. The lowest BCUT2D eigenvalue weighted by Gasteiger charge is -2.21. The molecule has 0 saturated heterocycles. The molecule has 0 atom stereocenters. The highest BCUT2D eigenvalue weighted by atomic mass is 16.5. The molecule has 2 aliphatic carbocycles. The molecule has 116 valence electrons. The van der Waals surface area contributed by atoms with Crippen LogP contribution in [-0.2, 0) is 9.53 Å². The first-order chi connectivity index (χ1) is 9.84. The molecule has 0 unspecified atom stereocenters. The first-order valence-corrected chi connectivity index (χ1v) is 8.69. The van der Waals surface area contributed by atoms with E-state index in [1.165, 1.54) is 64.2 Å². The number of hydrogen-bond donors (Lipinski definition) is 1. The Balaban J connectivity index is 1.40. The van der Waals surface area contributed by atoms with Crippen LogP contribution in [0.4, 0.5) is 0 Å². The fourth-order valence-corrected chi connectivity index (χ4v) is 3.64. The van der Waals surface area contributed by atoms with Crippen LogP contribution in [0.1, 0.15) is 70.6 Å². The van der Waals surface area contributed by atoms with Gasteiger partial charge in [0, 0.05) is 19.6 Å². The van der Waals surface area contributed by atoms with Crippen LogP contribution in [0.2, 0.25) is 0 Å². The Morgan fingerprint density at radius 2 is 1.55 bits per heavy atom. The SMILES string of the molecule is O=C(CC1CCCC1)NCCOCCC1CCCCC1. The quantitative estimate of drug-likeness (QED) is 0.689. The number of carbonyl (C=O) groups excluding carboxylic acids is 1. The Kier molecular flexibility index (Phi) is 7.42. The van der Waals surface area contributed by atoms with Gasteiger partial charge in [-0.25, -0.2) is 0 Å². The molecule has 0 aliphatic heterocycles. The molecule has 2 fully saturated rings. The minimum atomic E-state index is 0.216. The Bertz CT molecular complexity index is 268. The van der Waals surface area contributed by atoms with Crippen molar-refractivity contribution in [2.45, 2.75) is 70.6 Å². The Morgan fingerprint density at radius 1 is 0.900 bits per heavy atom. The highest BCUT2D eigenvalue weighted by Crippen LogP contribution is 2.27. The van der Waals surface area contributed by atoms with Gasteiger partial charge in [-0.05, 0) is 31.1 Å². The molecular weight excluding hydrogens is 250 g/mol. The highest BCUT2D eigenvalue weighted by Gasteiger charge is 2.18. The van der Waals surface area contributed by atoms with Crippen molar-refractivity contribution < 1.29 is 9.53 Å². The van der Waals surface area contributed by atoms with Gasteiger partial charge >= 0.3 is 0 Å². The average Bonchev–Trinajstić information content (AvgIpc) is 2.96. The molecule has 0 aromatic rings. The van der Waals surface area contributed by atoms with Crippen LogP contribution in [0.25, 0.3) is 0 Å². The van der Waals surface area contributed by atoms with Crippen LogP contribution in [0.5, 0.6) is 0 Å². The van der Waals surface area contributed by atoms with E-state index in [4.69, 9.17) is 4.74 Å². The predicted molar refractivity (Wildman–Crippen MR) is 81.6 cm³/mol. The van der Waals surface area contributed by atoms with E-state index in [2.05, 4.69) is 5.32 Å². The maximum Gasteiger partial charge on any atom is 0.220 e. The minimum absolute atomic E-state index is 0.216. The van der Waals surface area contributed by atoms with Gasteiger partial charge in [-0.2, -0.15) is 0 Å². The molecule has 0 heterocycles. The van der Waals surface area contributed by atoms with Gasteiger partial charge in [-0.1, -0.05) is 44.9 Å². The maximum absolute atomic E-state index is 11.7. The van der Waals surface area contributed by atoms with Crippen LogP contribution < -0.4 is 5.32 Å². The van der Waals surface area contributed by atoms with Crippen LogP contribution in [0, 0.1) is 11.8 Å². The summed E-state index contributed by atoms with van der Waals surface area (Å²) in [6, 6.07) is 0. The molecule has 1 N–H and O–H groups in total. The van der Waals surface area contributed by atoms with E-state index in [1.54, 1.807) is 0 Å². The first kappa shape index (κ1) is 15.8. The molecule has 2 rings (SSSR count). The molecule has 0 spiro atoms. The second-order valence-corrected chi connectivity index (χ2v) is 6.61. The molecule has 0 radical (unpaired) electrons. The molecule has 3 heteroatoms. The zero-order valence-corrected chi connectivity index (χ0v) is 12.9. The fraction of sp³-hybridized carbons (Fsp3) is 0.941. The monoisotopic (exact) mass is 281 g/mol. The fourth-order valence-electron chi connectivity index (χ4n) is 3.64. The van der Waals surface area contributed by atoms with Gasteiger partial charge in [0.25, 0.3) is 0 Å². The van der Waals surface area contributed by atoms with Crippen molar-refractivity contribution in [2.24, 2.45) is 11.8 Å². The maximum atomic E-state index is 11.7. The third-order valence-corrected chi connectivity index (χ3v) is 4.91. The van der Waals surface area contributed by atoms with E-state index in [0.717, 1.165) is 18.9 Å². The lowest BCUT2D eigenvalue weighted by molar-refractivity contribution is -0.122. The van der Waals surface area contributed by atoms with Crippen molar-refractivity contribution in [1.29, 1.82) is 0 Å². The number of ether oxygens (including phenoxy) is 1. The van der Waals surface area contributed by atoms with Crippen molar-refractivity contribution in [2.75, 3.05) is 19.8 Å². The van der Waals surface area contributed by atoms with E-state index < -0.39 is 0 Å². The van der Waals surface area contributed by atoms with E-state index in [-0.39, 0.29) is 5.91 Å². The van der Waals surface area contributed by atoms with E-state index in [9.17, 15) is 4.79 Å². The Labute approximate surface area is 123 Å². The third kappa shape index (κ3) is 6.25. The number of nitrogens with one attached hydrogen (secondary N) is 1. The van der Waals surface area contributed by atoms with Gasteiger partial charge in [-0.15, -0.1) is 0 Å². The zero-order valence-electron chi connectivity index (χ0n) is 12.9. The summed E-state index contributed by atoms with van der Waals surface area (Å²) >= 11 is 0. The summed E-state index contributed by atoms with van der Waals surface area (Å²) in [5.41, 5.74) is 0. The molecular formula is C17H31NO2. The summed E-state index contributed by atoms with van der Waals surface area (Å²) < 4.78 is 5.64. The summed E-state index contributed by atoms with van der Waals surface area (Å²) in [4.78, 5) is 11.7. The predicted octanol–water partition coefficient (Wildman–Crippen LogP) is 3.67.